The van der Waals surface area contributed by atoms with Crippen molar-refractivity contribution in [1.29, 1.82) is 0 Å². The lowest BCUT2D eigenvalue weighted by atomic mass is 9.94. The Balaban J connectivity index is 1.92. The molecule has 8 nitrogen and oxygen atoms in total. The summed E-state index contributed by atoms with van der Waals surface area (Å²) < 4.78 is 5.46. The van der Waals surface area contributed by atoms with Gasteiger partial charge in [0.2, 0.25) is 0 Å². The fourth-order valence-electron chi connectivity index (χ4n) is 3.75. The zero-order valence-corrected chi connectivity index (χ0v) is 17.7. The molecule has 2 aromatic carbocycles. The largest absolute Gasteiger partial charge is 0.507 e. The average Bonchev–Trinajstić information content (AvgIpc) is 3.41. The quantitative estimate of drug-likeness (QED) is 0.197. The number of aliphatic hydroxyl groups is 1. The first-order valence-electron chi connectivity index (χ1n) is 9.61. The molecule has 2 heterocycles. The standard InChI is InChI=1S/C23H18N2O6S/c1-31-18-10-3-2-9-17(18)20-19(21(26)14-6-4-7-15(12-14)25(29)30)22(27)23(28)24(20)13-16-8-5-11-32-16/h2-12,20,26H,13H2,1H3/b21-19+. The van der Waals surface area contributed by atoms with Crippen molar-refractivity contribution in [2.75, 3.05) is 7.11 Å². The van der Waals surface area contributed by atoms with Gasteiger partial charge in [0.1, 0.15) is 11.5 Å². The second-order valence-corrected chi connectivity index (χ2v) is 8.09. The van der Waals surface area contributed by atoms with Crippen LogP contribution in [0.25, 0.3) is 5.76 Å². The van der Waals surface area contributed by atoms with E-state index in [4.69, 9.17) is 4.74 Å². The van der Waals surface area contributed by atoms with Crippen LogP contribution in [0.5, 0.6) is 5.75 Å². The van der Waals surface area contributed by atoms with E-state index in [2.05, 4.69) is 0 Å². The molecule has 0 bridgehead atoms. The average molecular weight is 450 g/mol. The summed E-state index contributed by atoms with van der Waals surface area (Å²) in [6.07, 6.45) is 0. The summed E-state index contributed by atoms with van der Waals surface area (Å²) in [7, 11) is 1.48. The molecule has 1 aromatic heterocycles. The molecule has 32 heavy (non-hydrogen) atoms. The first-order valence-corrected chi connectivity index (χ1v) is 10.5. The highest BCUT2D eigenvalue weighted by Gasteiger charge is 2.47. The molecule has 0 aliphatic carbocycles. The van der Waals surface area contributed by atoms with Crippen LogP contribution in [0.1, 0.15) is 22.0 Å². The van der Waals surface area contributed by atoms with E-state index in [1.165, 1.54) is 47.6 Å². The maximum Gasteiger partial charge on any atom is 0.295 e. The number of rotatable bonds is 6. The van der Waals surface area contributed by atoms with E-state index in [1.54, 1.807) is 24.3 Å². The number of Topliss-reactive ketones (excluding diaryl/α,β-unsaturated/α-hetero) is 1. The van der Waals surface area contributed by atoms with Crippen LogP contribution in [0.15, 0.2) is 71.6 Å². The zero-order valence-electron chi connectivity index (χ0n) is 16.9. The Hall–Kier alpha value is -3.98. The second-order valence-electron chi connectivity index (χ2n) is 7.06. The van der Waals surface area contributed by atoms with E-state index in [0.717, 1.165) is 4.88 Å². The Morgan fingerprint density at radius 2 is 1.94 bits per heavy atom. The number of nitrogens with zero attached hydrogens (tertiary/aromatic N) is 2. The normalized spacial score (nSPS) is 17.5. The van der Waals surface area contributed by atoms with Gasteiger partial charge in [0, 0.05) is 28.1 Å². The van der Waals surface area contributed by atoms with Gasteiger partial charge in [-0.05, 0) is 17.5 Å². The number of para-hydroxylation sites is 1. The lowest BCUT2D eigenvalue weighted by molar-refractivity contribution is -0.384. The van der Waals surface area contributed by atoms with Crippen LogP contribution in [-0.4, -0.2) is 33.7 Å². The maximum atomic E-state index is 13.1. The maximum absolute atomic E-state index is 13.1. The van der Waals surface area contributed by atoms with Crippen molar-refractivity contribution in [1.82, 2.24) is 4.90 Å². The third-order valence-corrected chi connectivity index (χ3v) is 6.07. The minimum Gasteiger partial charge on any atom is -0.507 e. The van der Waals surface area contributed by atoms with Crippen molar-refractivity contribution in [3.63, 3.8) is 0 Å². The van der Waals surface area contributed by atoms with Crippen LogP contribution in [0, 0.1) is 10.1 Å². The van der Waals surface area contributed by atoms with Gasteiger partial charge in [0.25, 0.3) is 17.4 Å². The molecular formula is C23H18N2O6S. The van der Waals surface area contributed by atoms with Gasteiger partial charge in [-0.25, -0.2) is 0 Å². The fourth-order valence-corrected chi connectivity index (χ4v) is 4.45. The van der Waals surface area contributed by atoms with Gasteiger partial charge >= 0.3 is 0 Å². The minimum atomic E-state index is -0.924. The molecule has 0 saturated carbocycles. The topological polar surface area (TPSA) is 110 Å². The predicted molar refractivity (Wildman–Crippen MR) is 118 cm³/mol. The van der Waals surface area contributed by atoms with Crippen LogP contribution >= 0.6 is 11.3 Å². The van der Waals surface area contributed by atoms with Gasteiger partial charge < -0.3 is 14.7 Å². The van der Waals surface area contributed by atoms with Crippen molar-refractivity contribution in [3.05, 3.63) is 97.7 Å². The number of hydrogen-bond acceptors (Lipinski definition) is 7. The van der Waals surface area contributed by atoms with Crippen LogP contribution in [-0.2, 0) is 16.1 Å². The number of nitro groups is 1. The van der Waals surface area contributed by atoms with Crippen molar-refractivity contribution in [2.45, 2.75) is 12.6 Å². The smallest absolute Gasteiger partial charge is 0.295 e. The van der Waals surface area contributed by atoms with Crippen LogP contribution in [0.3, 0.4) is 0 Å². The summed E-state index contributed by atoms with van der Waals surface area (Å²) >= 11 is 1.44. The zero-order chi connectivity index (χ0) is 22.8. The molecule has 1 amide bonds. The SMILES string of the molecule is COc1ccccc1C1/C(=C(\O)c2cccc([N+](=O)[O-])c2)C(=O)C(=O)N1Cc1cccs1. The molecule has 162 valence electrons. The van der Waals surface area contributed by atoms with Gasteiger partial charge in [-0.1, -0.05) is 36.4 Å². The summed E-state index contributed by atoms with van der Waals surface area (Å²) in [4.78, 5) is 38.9. The first kappa shape index (κ1) is 21.3. The lowest BCUT2D eigenvalue weighted by Crippen LogP contribution is -2.29. The number of hydrogen-bond donors (Lipinski definition) is 1. The molecule has 1 fully saturated rings. The predicted octanol–water partition coefficient (Wildman–Crippen LogP) is 4.29. The molecule has 9 heteroatoms. The summed E-state index contributed by atoms with van der Waals surface area (Å²) in [5.41, 5.74) is 0.221. The number of carbonyl (C=O) groups is 2. The highest BCUT2D eigenvalue weighted by molar-refractivity contribution is 7.09. The van der Waals surface area contributed by atoms with Crippen molar-refractivity contribution in [2.24, 2.45) is 0 Å². The number of likely N-dealkylation sites (tertiary alicyclic amines) is 1. The molecule has 1 aliphatic heterocycles. The van der Waals surface area contributed by atoms with E-state index in [1.807, 2.05) is 17.5 Å². The summed E-state index contributed by atoms with van der Waals surface area (Å²) in [6.45, 7) is 0.163. The van der Waals surface area contributed by atoms with Crippen LogP contribution < -0.4 is 4.74 Å². The first-order chi connectivity index (χ1) is 15.4. The number of aliphatic hydroxyl groups excluding tert-OH is 1. The van der Waals surface area contributed by atoms with Crippen molar-refractivity contribution < 1.29 is 24.4 Å². The van der Waals surface area contributed by atoms with Crippen molar-refractivity contribution in [3.8, 4) is 5.75 Å². The third kappa shape index (κ3) is 3.74. The molecule has 0 spiro atoms. The Bertz CT molecular complexity index is 1230. The van der Waals surface area contributed by atoms with E-state index in [-0.39, 0.29) is 23.4 Å². The number of non-ortho nitro benzene ring substituents is 1. The number of methoxy groups -OCH3 is 1. The van der Waals surface area contributed by atoms with E-state index in [0.29, 0.717) is 11.3 Å². The van der Waals surface area contributed by atoms with Gasteiger partial charge in [-0.2, -0.15) is 0 Å². The highest BCUT2D eigenvalue weighted by Crippen LogP contribution is 2.43. The lowest BCUT2D eigenvalue weighted by Gasteiger charge is -2.26. The van der Waals surface area contributed by atoms with Crippen LogP contribution in [0.4, 0.5) is 5.69 Å². The number of amides is 1. The van der Waals surface area contributed by atoms with Gasteiger partial charge in [0.05, 0.1) is 30.2 Å². The number of benzene rings is 2. The fraction of sp³-hybridized carbons (Fsp3) is 0.130. The van der Waals surface area contributed by atoms with Gasteiger partial charge in [-0.3, -0.25) is 19.7 Å². The minimum absolute atomic E-state index is 0.0771. The van der Waals surface area contributed by atoms with E-state index in [9.17, 15) is 24.8 Å². The Morgan fingerprint density at radius 3 is 2.62 bits per heavy atom. The summed E-state index contributed by atoms with van der Waals surface area (Å²) in [5.74, 6) is -1.65. The van der Waals surface area contributed by atoms with Crippen molar-refractivity contribution >= 4 is 34.5 Å². The number of carbonyl (C=O) groups excluding carboxylic acids is 2. The Kier molecular flexibility index (Phi) is 5.74. The molecule has 1 saturated heterocycles. The third-order valence-electron chi connectivity index (χ3n) is 5.21. The summed E-state index contributed by atoms with van der Waals surface area (Å²) in [5, 5.41) is 24.1. The number of thiophene rings is 1. The number of ketones is 1. The summed E-state index contributed by atoms with van der Waals surface area (Å²) in [6, 6.07) is 15.0. The molecule has 4 rings (SSSR count). The second kappa shape index (κ2) is 8.64. The molecule has 1 atom stereocenters. The Labute approximate surface area is 187 Å². The number of ether oxygens (including phenoxy) is 1. The number of nitro benzene ring substituents is 1. The van der Waals surface area contributed by atoms with Gasteiger partial charge in [0.15, 0.2) is 0 Å². The molecule has 0 radical (unpaired) electrons. The molecule has 3 aromatic rings. The molecular weight excluding hydrogens is 432 g/mol. The molecule has 1 aliphatic rings. The van der Waals surface area contributed by atoms with E-state index < -0.39 is 28.4 Å². The highest BCUT2D eigenvalue weighted by atomic mass is 32.1. The van der Waals surface area contributed by atoms with E-state index >= 15 is 0 Å². The van der Waals surface area contributed by atoms with Gasteiger partial charge in [-0.15, -0.1) is 11.3 Å². The molecule has 1 N–H and O–H groups in total. The monoisotopic (exact) mass is 450 g/mol. The van der Waals surface area contributed by atoms with Crippen LogP contribution in [0.2, 0.25) is 0 Å². The Morgan fingerprint density at radius 1 is 1.16 bits per heavy atom. The molecule has 1 unspecified atom stereocenters.